The second-order valence-electron chi connectivity index (χ2n) is 5.57. The molecule has 0 spiro atoms. The van der Waals surface area contributed by atoms with Gasteiger partial charge in [-0.2, -0.15) is 0 Å². The van der Waals surface area contributed by atoms with E-state index in [-0.39, 0.29) is 22.8 Å². The van der Waals surface area contributed by atoms with Gasteiger partial charge in [0.05, 0.1) is 0 Å². The minimum absolute atomic E-state index is 0.0736. The highest BCUT2D eigenvalue weighted by Gasteiger charge is 2.15. The summed E-state index contributed by atoms with van der Waals surface area (Å²) < 4.78 is 5.65. The fourth-order valence-corrected chi connectivity index (χ4v) is 1.76. The molecule has 0 atom stereocenters. The van der Waals surface area contributed by atoms with Crippen molar-refractivity contribution in [3.63, 3.8) is 0 Å². The number of rotatable bonds is 3. The summed E-state index contributed by atoms with van der Waals surface area (Å²) in [6.45, 7) is 6.42. The lowest BCUT2D eigenvalue weighted by atomic mass is 9.87. The molecule has 0 aliphatic rings. The summed E-state index contributed by atoms with van der Waals surface area (Å²) >= 11 is 0. The van der Waals surface area contributed by atoms with Crippen LogP contribution in [-0.4, -0.2) is 21.0 Å². The molecule has 0 saturated heterocycles. The minimum Gasteiger partial charge on any atom is -0.437 e. The van der Waals surface area contributed by atoms with Gasteiger partial charge in [0.1, 0.15) is 5.75 Å². The molecule has 2 aromatic rings. The highest BCUT2D eigenvalue weighted by Crippen LogP contribution is 2.26. The van der Waals surface area contributed by atoms with E-state index in [0.29, 0.717) is 5.75 Å². The van der Waals surface area contributed by atoms with Crippen molar-refractivity contribution in [1.29, 1.82) is 0 Å². The highest BCUT2D eigenvalue weighted by atomic mass is 16.5. The molecule has 2 rings (SSSR count). The monoisotopic (exact) mass is 286 g/mol. The SMILES string of the molecule is CC(C)(C)c1ccc(Oc2nccnc2C(N)=NO)cc1. The van der Waals surface area contributed by atoms with E-state index in [4.69, 9.17) is 15.7 Å². The molecule has 0 amide bonds. The van der Waals surface area contributed by atoms with Crippen molar-refractivity contribution in [3.8, 4) is 11.6 Å². The molecule has 1 heterocycles. The van der Waals surface area contributed by atoms with E-state index in [0.717, 1.165) is 0 Å². The first-order valence-electron chi connectivity index (χ1n) is 6.49. The van der Waals surface area contributed by atoms with E-state index in [1.54, 1.807) is 0 Å². The molecule has 6 nitrogen and oxygen atoms in total. The van der Waals surface area contributed by atoms with E-state index in [1.807, 2.05) is 24.3 Å². The van der Waals surface area contributed by atoms with E-state index < -0.39 is 0 Å². The molecule has 1 aromatic heterocycles. The molecule has 0 aliphatic heterocycles. The van der Waals surface area contributed by atoms with Gasteiger partial charge in [-0.15, -0.1) is 0 Å². The van der Waals surface area contributed by atoms with Crippen molar-refractivity contribution in [2.45, 2.75) is 26.2 Å². The molecule has 0 fully saturated rings. The smallest absolute Gasteiger partial charge is 0.249 e. The Hall–Kier alpha value is -2.63. The van der Waals surface area contributed by atoms with Crippen LogP contribution in [0.1, 0.15) is 32.0 Å². The third-order valence-electron chi connectivity index (χ3n) is 2.95. The number of hydrogen-bond donors (Lipinski definition) is 2. The molecule has 1 aromatic carbocycles. The number of nitrogens with zero attached hydrogens (tertiary/aromatic N) is 3. The van der Waals surface area contributed by atoms with Gasteiger partial charge in [-0.3, -0.25) is 0 Å². The van der Waals surface area contributed by atoms with Crippen LogP contribution in [-0.2, 0) is 5.41 Å². The molecule has 0 aliphatic carbocycles. The standard InChI is InChI=1S/C15H18N4O2/c1-15(2,3)10-4-6-11(7-5-10)21-14-12(13(16)19-20)17-8-9-18-14/h4-9,20H,1-3H3,(H2,16,19). The summed E-state index contributed by atoms with van der Waals surface area (Å²) in [6.07, 6.45) is 2.93. The van der Waals surface area contributed by atoms with Gasteiger partial charge in [-0.05, 0) is 23.1 Å². The van der Waals surface area contributed by atoms with Gasteiger partial charge in [0, 0.05) is 12.4 Å². The summed E-state index contributed by atoms with van der Waals surface area (Å²) in [5, 5.41) is 11.7. The normalized spacial score (nSPS) is 12.2. The maximum Gasteiger partial charge on any atom is 0.249 e. The predicted molar refractivity (Wildman–Crippen MR) is 79.8 cm³/mol. The molecule has 110 valence electrons. The fraction of sp³-hybridized carbons (Fsp3) is 0.267. The number of nitrogens with two attached hydrogens (primary N) is 1. The average molecular weight is 286 g/mol. The molecular weight excluding hydrogens is 268 g/mol. The van der Waals surface area contributed by atoms with Crippen molar-refractivity contribution >= 4 is 5.84 Å². The van der Waals surface area contributed by atoms with Gasteiger partial charge in [-0.25, -0.2) is 9.97 Å². The molecule has 21 heavy (non-hydrogen) atoms. The zero-order chi connectivity index (χ0) is 15.5. The quantitative estimate of drug-likeness (QED) is 0.391. The number of ether oxygens (including phenoxy) is 1. The summed E-state index contributed by atoms with van der Waals surface area (Å²) in [5.41, 5.74) is 7.02. The van der Waals surface area contributed by atoms with E-state index in [2.05, 4.69) is 35.9 Å². The largest absolute Gasteiger partial charge is 0.437 e. The second-order valence-corrected chi connectivity index (χ2v) is 5.57. The predicted octanol–water partition coefficient (Wildman–Crippen LogP) is 2.66. The van der Waals surface area contributed by atoms with E-state index in [1.165, 1.54) is 18.0 Å². The Balaban J connectivity index is 2.27. The number of hydrogen-bond acceptors (Lipinski definition) is 5. The Morgan fingerprint density at radius 2 is 1.76 bits per heavy atom. The van der Waals surface area contributed by atoms with Crippen LogP contribution in [0.25, 0.3) is 0 Å². The summed E-state index contributed by atoms with van der Waals surface area (Å²) in [7, 11) is 0. The molecule has 0 radical (unpaired) electrons. The number of amidine groups is 1. The van der Waals surface area contributed by atoms with Crippen LogP contribution in [0.3, 0.4) is 0 Å². The van der Waals surface area contributed by atoms with Crippen LogP contribution in [0, 0.1) is 0 Å². The Morgan fingerprint density at radius 3 is 2.33 bits per heavy atom. The van der Waals surface area contributed by atoms with Crippen molar-refractivity contribution < 1.29 is 9.94 Å². The van der Waals surface area contributed by atoms with Crippen molar-refractivity contribution in [1.82, 2.24) is 9.97 Å². The zero-order valence-corrected chi connectivity index (χ0v) is 12.2. The molecule has 0 unspecified atom stereocenters. The van der Waals surface area contributed by atoms with Crippen LogP contribution in [0.2, 0.25) is 0 Å². The van der Waals surface area contributed by atoms with Crippen LogP contribution >= 0.6 is 0 Å². The Kier molecular flexibility index (Phi) is 4.07. The lowest BCUT2D eigenvalue weighted by Crippen LogP contribution is -2.16. The molecule has 0 bridgehead atoms. The van der Waals surface area contributed by atoms with Gasteiger partial charge < -0.3 is 15.7 Å². The van der Waals surface area contributed by atoms with E-state index in [9.17, 15) is 0 Å². The van der Waals surface area contributed by atoms with Crippen molar-refractivity contribution in [2.75, 3.05) is 0 Å². The van der Waals surface area contributed by atoms with Crippen LogP contribution in [0.4, 0.5) is 0 Å². The summed E-state index contributed by atoms with van der Waals surface area (Å²) in [4.78, 5) is 8.06. The zero-order valence-electron chi connectivity index (χ0n) is 12.2. The molecule has 6 heteroatoms. The van der Waals surface area contributed by atoms with Crippen LogP contribution in [0.15, 0.2) is 41.8 Å². The number of oxime groups is 1. The molecule has 0 saturated carbocycles. The van der Waals surface area contributed by atoms with Crippen LogP contribution in [0.5, 0.6) is 11.6 Å². The van der Waals surface area contributed by atoms with Gasteiger partial charge in [0.2, 0.25) is 5.88 Å². The summed E-state index contributed by atoms with van der Waals surface area (Å²) in [6, 6.07) is 7.69. The third kappa shape index (κ3) is 3.47. The molecular formula is C15H18N4O2. The minimum atomic E-state index is -0.149. The van der Waals surface area contributed by atoms with Crippen molar-refractivity contribution in [3.05, 3.63) is 47.9 Å². The van der Waals surface area contributed by atoms with Gasteiger partial charge in [0.15, 0.2) is 11.5 Å². The Bertz CT molecular complexity index is 645. The van der Waals surface area contributed by atoms with Crippen molar-refractivity contribution in [2.24, 2.45) is 10.9 Å². The van der Waals surface area contributed by atoms with Gasteiger partial charge in [0.25, 0.3) is 0 Å². The lowest BCUT2D eigenvalue weighted by Gasteiger charge is -2.19. The first-order chi connectivity index (χ1) is 9.91. The van der Waals surface area contributed by atoms with Crippen LogP contribution < -0.4 is 10.5 Å². The molecule has 3 N–H and O–H groups in total. The maximum atomic E-state index is 8.74. The second kappa shape index (κ2) is 5.78. The van der Waals surface area contributed by atoms with Gasteiger partial charge >= 0.3 is 0 Å². The first-order valence-corrected chi connectivity index (χ1v) is 6.49. The average Bonchev–Trinajstić information content (AvgIpc) is 2.46. The van der Waals surface area contributed by atoms with E-state index >= 15 is 0 Å². The first kappa shape index (κ1) is 14.8. The highest BCUT2D eigenvalue weighted by molar-refractivity contribution is 5.97. The van der Waals surface area contributed by atoms with Gasteiger partial charge in [-0.1, -0.05) is 38.1 Å². The number of benzene rings is 1. The third-order valence-corrected chi connectivity index (χ3v) is 2.95. The fourth-order valence-electron chi connectivity index (χ4n) is 1.76. The Morgan fingerprint density at radius 1 is 1.14 bits per heavy atom. The lowest BCUT2D eigenvalue weighted by molar-refractivity contribution is 0.318. The summed E-state index contributed by atoms with van der Waals surface area (Å²) in [5.74, 6) is 0.649. The topological polar surface area (TPSA) is 93.6 Å². The number of aromatic nitrogens is 2. The Labute approximate surface area is 123 Å². The maximum absolute atomic E-state index is 8.74.